The highest BCUT2D eigenvalue weighted by atomic mass is 35.5. The molecule has 0 aliphatic carbocycles. The Hall–Kier alpha value is -2.42. The lowest BCUT2D eigenvalue weighted by Gasteiger charge is -2.22. The average molecular weight is 423 g/mol. The summed E-state index contributed by atoms with van der Waals surface area (Å²) in [4.78, 5) is 24.4. The van der Waals surface area contributed by atoms with Crippen LogP contribution in [0.2, 0.25) is 5.02 Å². The molecule has 1 fully saturated rings. The van der Waals surface area contributed by atoms with Crippen LogP contribution in [-0.4, -0.2) is 43.8 Å². The molecule has 1 aliphatic rings. The SMILES string of the molecule is O=C(COC(=O)C1CCCN1S(=O)(=O)c1ccc(Cl)cc1)Nc1ccccc1. The summed E-state index contributed by atoms with van der Waals surface area (Å²) in [7, 11) is -3.86. The van der Waals surface area contributed by atoms with Gasteiger partial charge in [0, 0.05) is 17.3 Å². The van der Waals surface area contributed by atoms with Gasteiger partial charge in [-0.3, -0.25) is 9.59 Å². The summed E-state index contributed by atoms with van der Waals surface area (Å²) in [6.07, 6.45) is 0.870. The van der Waals surface area contributed by atoms with Gasteiger partial charge >= 0.3 is 5.97 Å². The van der Waals surface area contributed by atoms with Gasteiger partial charge < -0.3 is 10.1 Å². The largest absolute Gasteiger partial charge is 0.454 e. The second kappa shape index (κ2) is 8.72. The quantitative estimate of drug-likeness (QED) is 0.722. The highest BCUT2D eigenvalue weighted by Crippen LogP contribution is 2.27. The van der Waals surface area contributed by atoms with Crippen molar-refractivity contribution in [1.82, 2.24) is 4.31 Å². The molecule has 1 saturated heterocycles. The molecule has 1 atom stereocenters. The minimum absolute atomic E-state index is 0.0541. The zero-order valence-electron chi connectivity index (χ0n) is 14.9. The second-order valence-electron chi connectivity index (χ2n) is 6.25. The number of anilines is 1. The number of hydrogen-bond donors (Lipinski definition) is 1. The number of amides is 1. The molecule has 2 aromatic rings. The van der Waals surface area contributed by atoms with Gasteiger partial charge in [-0.25, -0.2) is 8.42 Å². The van der Waals surface area contributed by atoms with Gasteiger partial charge in [-0.05, 0) is 49.2 Å². The van der Waals surface area contributed by atoms with Crippen LogP contribution in [-0.2, 0) is 24.3 Å². The van der Waals surface area contributed by atoms with E-state index in [1.807, 2.05) is 6.07 Å². The van der Waals surface area contributed by atoms with E-state index in [1.54, 1.807) is 24.3 Å². The van der Waals surface area contributed by atoms with Crippen LogP contribution in [0.3, 0.4) is 0 Å². The molecule has 148 valence electrons. The van der Waals surface area contributed by atoms with Gasteiger partial charge in [0.15, 0.2) is 6.61 Å². The summed E-state index contributed by atoms with van der Waals surface area (Å²) < 4.78 is 31.9. The number of nitrogens with zero attached hydrogens (tertiary/aromatic N) is 1. The number of para-hydroxylation sites is 1. The number of hydrogen-bond acceptors (Lipinski definition) is 5. The molecule has 0 radical (unpaired) electrons. The highest BCUT2D eigenvalue weighted by molar-refractivity contribution is 7.89. The van der Waals surface area contributed by atoms with Crippen molar-refractivity contribution in [3.05, 3.63) is 59.6 Å². The Morgan fingerprint density at radius 2 is 1.79 bits per heavy atom. The fourth-order valence-corrected chi connectivity index (χ4v) is 4.73. The van der Waals surface area contributed by atoms with Crippen molar-refractivity contribution in [2.45, 2.75) is 23.8 Å². The maximum absolute atomic E-state index is 12.8. The molecule has 7 nitrogen and oxygen atoms in total. The summed E-state index contributed by atoms with van der Waals surface area (Å²) in [5, 5.41) is 3.02. The second-order valence-corrected chi connectivity index (χ2v) is 8.58. The topological polar surface area (TPSA) is 92.8 Å². The summed E-state index contributed by atoms with van der Waals surface area (Å²) >= 11 is 5.81. The summed E-state index contributed by atoms with van der Waals surface area (Å²) in [5.74, 6) is -1.23. The van der Waals surface area contributed by atoms with Crippen LogP contribution in [0.25, 0.3) is 0 Å². The first-order chi connectivity index (χ1) is 13.4. The maximum atomic E-state index is 12.8. The van der Waals surface area contributed by atoms with Crippen LogP contribution >= 0.6 is 11.6 Å². The van der Waals surface area contributed by atoms with E-state index in [4.69, 9.17) is 16.3 Å². The molecular weight excluding hydrogens is 404 g/mol. The number of esters is 1. The lowest BCUT2D eigenvalue weighted by molar-refractivity contribution is -0.150. The predicted molar refractivity (Wildman–Crippen MR) is 104 cm³/mol. The molecule has 0 bridgehead atoms. The van der Waals surface area contributed by atoms with Crippen LogP contribution in [0, 0.1) is 0 Å². The van der Waals surface area contributed by atoms with Gasteiger partial charge in [0.25, 0.3) is 5.91 Å². The van der Waals surface area contributed by atoms with Crippen LogP contribution in [0.15, 0.2) is 59.5 Å². The Morgan fingerprint density at radius 1 is 1.11 bits per heavy atom. The molecular formula is C19H19ClN2O5S. The number of benzene rings is 2. The Kier molecular flexibility index (Phi) is 6.33. The number of carbonyl (C=O) groups excluding carboxylic acids is 2. The summed E-state index contributed by atoms with van der Waals surface area (Å²) in [5.41, 5.74) is 0.580. The van der Waals surface area contributed by atoms with E-state index in [9.17, 15) is 18.0 Å². The number of rotatable bonds is 6. The van der Waals surface area contributed by atoms with Gasteiger partial charge in [0.2, 0.25) is 10.0 Å². The Labute approximate surface area is 168 Å². The fraction of sp³-hybridized carbons (Fsp3) is 0.263. The van der Waals surface area contributed by atoms with Gasteiger partial charge in [-0.2, -0.15) is 4.31 Å². The first-order valence-electron chi connectivity index (χ1n) is 8.67. The first kappa shape index (κ1) is 20.3. The van der Waals surface area contributed by atoms with Crippen molar-refractivity contribution in [2.75, 3.05) is 18.5 Å². The van der Waals surface area contributed by atoms with E-state index in [2.05, 4.69) is 5.32 Å². The van der Waals surface area contributed by atoms with Crippen molar-refractivity contribution < 1.29 is 22.7 Å². The van der Waals surface area contributed by atoms with Crippen molar-refractivity contribution >= 4 is 39.2 Å². The standard InChI is InChI=1S/C19H19ClN2O5S/c20-14-8-10-16(11-9-14)28(25,26)22-12-4-7-17(22)19(24)27-13-18(23)21-15-5-2-1-3-6-15/h1-3,5-6,8-11,17H,4,7,12-13H2,(H,21,23). The van der Waals surface area contributed by atoms with Crippen molar-refractivity contribution in [3.63, 3.8) is 0 Å². The Balaban J connectivity index is 1.62. The zero-order chi connectivity index (χ0) is 20.1. The van der Waals surface area contributed by atoms with Crippen LogP contribution < -0.4 is 5.32 Å². The molecule has 1 N–H and O–H groups in total. The van der Waals surface area contributed by atoms with E-state index in [-0.39, 0.29) is 11.4 Å². The normalized spacial score (nSPS) is 17.2. The Morgan fingerprint density at radius 3 is 2.46 bits per heavy atom. The van der Waals surface area contributed by atoms with Gasteiger partial charge in [0.05, 0.1) is 4.90 Å². The summed E-state index contributed by atoms with van der Waals surface area (Å²) in [6, 6.07) is 13.5. The first-order valence-corrected chi connectivity index (χ1v) is 10.5. The number of sulfonamides is 1. The van der Waals surface area contributed by atoms with Crippen LogP contribution in [0.4, 0.5) is 5.69 Å². The molecule has 2 aromatic carbocycles. The van der Waals surface area contributed by atoms with Crippen molar-refractivity contribution in [1.29, 1.82) is 0 Å². The number of carbonyl (C=O) groups is 2. The van der Waals surface area contributed by atoms with Gasteiger partial charge in [-0.15, -0.1) is 0 Å². The fourth-order valence-electron chi connectivity index (χ4n) is 2.96. The molecule has 28 heavy (non-hydrogen) atoms. The van der Waals surface area contributed by atoms with Crippen molar-refractivity contribution in [3.8, 4) is 0 Å². The number of halogens is 1. The molecule has 9 heteroatoms. The lowest BCUT2D eigenvalue weighted by atomic mass is 10.2. The van der Waals surface area contributed by atoms with Gasteiger partial charge in [0.1, 0.15) is 6.04 Å². The third-order valence-electron chi connectivity index (χ3n) is 4.30. The molecule has 3 rings (SSSR count). The molecule has 1 aliphatic heterocycles. The number of nitrogens with one attached hydrogen (secondary N) is 1. The zero-order valence-corrected chi connectivity index (χ0v) is 16.4. The molecule has 1 heterocycles. The summed E-state index contributed by atoms with van der Waals surface area (Å²) in [6.45, 7) is -0.278. The van der Waals surface area contributed by atoms with Crippen LogP contribution in [0.1, 0.15) is 12.8 Å². The average Bonchev–Trinajstić information content (AvgIpc) is 3.18. The smallest absolute Gasteiger partial charge is 0.324 e. The molecule has 1 unspecified atom stereocenters. The monoisotopic (exact) mass is 422 g/mol. The van der Waals surface area contributed by atoms with Crippen LogP contribution in [0.5, 0.6) is 0 Å². The van der Waals surface area contributed by atoms with Gasteiger partial charge in [-0.1, -0.05) is 29.8 Å². The van der Waals surface area contributed by atoms with Crippen molar-refractivity contribution in [2.24, 2.45) is 0 Å². The van der Waals surface area contributed by atoms with E-state index in [1.165, 1.54) is 24.3 Å². The van der Waals surface area contributed by atoms with E-state index in [0.717, 1.165) is 4.31 Å². The van der Waals surface area contributed by atoms with E-state index in [0.29, 0.717) is 23.6 Å². The molecule has 1 amide bonds. The maximum Gasteiger partial charge on any atom is 0.324 e. The van der Waals surface area contributed by atoms with E-state index >= 15 is 0 Å². The third kappa shape index (κ3) is 4.70. The Bertz CT molecular complexity index is 948. The predicted octanol–water partition coefficient (Wildman–Crippen LogP) is 2.68. The minimum atomic E-state index is -3.86. The third-order valence-corrected chi connectivity index (χ3v) is 6.47. The lowest BCUT2D eigenvalue weighted by Crippen LogP contribution is -2.42. The van der Waals surface area contributed by atoms with E-state index < -0.39 is 34.5 Å². The minimum Gasteiger partial charge on any atom is -0.454 e. The molecule has 0 spiro atoms. The molecule has 0 aromatic heterocycles. The molecule has 0 saturated carbocycles. The number of ether oxygens (including phenoxy) is 1. The highest BCUT2D eigenvalue weighted by Gasteiger charge is 2.40.